The van der Waals surface area contributed by atoms with Gasteiger partial charge in [0.15, 0.2) is 6.17 Å². The fourth-order valence-corrected chi connectivity index (χ4v) is 0.335. The van der Waals surface area contributed by atoms with Crippen LogP contribution in [0.1, 0.15) is 6.92 Å². The Morgan fingerprint density at radius 2 is 1.67 bits per heavy atom. The predicted molar refractivity (Wildman–Crippen MR) is 27.4 cm³/mol. The van der Waals surface area contributed by atoms with Crippen molar-refractivity contribution in [2.45, 2.75) is 25.6 Å². The zero-order valence-electron chi connectivity index (χ0n) is 5.27. The summed E-state index contributed by atoms with van der Waals surface area (Å²) in [6.45, 7) is 1.26. The number of hydrogen-bond acceptors (Lipinski definition) is 1. The summed E-state index contributed by atoms with van der Waals surface area (Å²) in [5.41, 5.74) is 0. The van der Waals surface area contributed by atoms with Crippen molar-refractivity contribution in [1.29, 1.82) is 0 Å². The zero-order valence-corrected chi connectivity index (χ0v) is 5.27. The Bertz CT molecular complexity index is 76.6. The van der Waals surface area contributed by atoms with Crippen molar-refractivity contribution in [2.24, 2.45) is 0 Å². The van der Waals surface area contributed by atoms with E-state index in [2.05, 4.69) is 4.74 Å². The van der Waals surface area contributed by atoms with Crippen LogP contribution in [0, 0.1) is 0 Å². The molecule has 0 fully saturated rings. The lowest BCUT2D eigenvalue weighted by Gasteiger charge is -2.12. The molecule has 0 N–H and O–H groups in total. The summed E-state index contributed by atoms with van der Waals surface area (Å²) < 4.78 is 39.2. The molecule has 0 saturated heterocycles. The third-order valence-corrected chi connectivity index (χ3v) is 1.06. The number of alkyl halides is 3. The summed E-state index contributed by atoms with van der Waals surface area (Å²) in [6, 6.07) is 0. The molecule has 0 amide bonds. The molecular weight excluding hydrogens is 133 g/mol. The lowest BCUT2D eigenvalue weighted by Crippen LogP contribution is -2.27. The maximum atomic E-state index is 12.0. The Labute approximate surface area is 51.8 Å². The summed E-state index contributed by atoms with van der Waals surface area (Å²) in [4.78, 5) is 0. The molecule has 9 heavy (non-hydrogen) atoms. The Balaban J connectivity index is 3.58. The van der Waals surface area contributed by atoms with E-state index in [4.69, 9.17) is 0 Å². The van der Waals surface area contributed by atoms with E-state index in [1.54, 1.807) is 0 Å². The van der Waals surface area contributed by atoms with Crippen LogP contribution in [0.3, 0.4) is 0 Å². The summed E-state index contributed by atoms with van der Waals surface area (Å²) in [6.07, 6.45) is -6.14. The smallest absolute Gasteiger partial charge is 0.271 e. The average Bonchev–Trinajstić information content (AvgIpc) is 1.84. The fourth-order valence-electron chi connectivity index (χ4n) is 0.335. The molecule has 4 heteroatoms. The van der Waals surface area contributed by atoms with Crippen LogP contribution in [0.15, 0.2) is 0 Å². The number of ether oxygens (including phenoxy) is 1. The molecular formula is C5H9F3O. The first kappa shape index (κ1) is 8.75. The lowest BCUT2D eigenvalue weighted by molar-refractivity contribution is -0.0394. The van der Waals surface area contributed by atoms with Crippen LogP contribution in [0.2, 0.25) is 0 Å². The van der Waals surface area contributed by atoms with Gasteiger partial charge in [-0.15, -0.1) is 0 Å². The minimum Gasteiger partial charge on any atom is -0.378 e. The number of rotatable bonds is 3. The summed E-state index contributed by atoms with van der Waals surface area (Å²) in [5.74, 6) is 0. The van der Waals surface area contributed by atoms with Gasteiger partial charge in [0.2, 0.25) is 0 Å². The fraction of sp³-hybridized carbons (Fsp3) is 1.00. The molecule has 0 aromatic heterocycles. The number of methoxy groups -OCH3 is 1. The van der Waals surface area contributed by atoms with Crippen LogP contribution in [0.25, 0.3) is 0 Å². The van der Waals surface area contributed by atoms with Gasteiger partial charge in [0.25, 0.3) is 6.43 Å². The highest BCUT2D eigenvalue weighted by molar-refractivity contribution is 4.65. The molecule has 0 spiro atoms. The van der Waals surface area contributed by atoms with Crippen molar-refractivity contribution in [2.75, 3.05) is 7.11 Å². The summed E-state index contributed by atoms with van der Waals surface area (Å²) in [7, 11) is 1.19. The first-order valence-electron chi connectivity index (χ1n) is 2.54. The first-order chi connectivity index (χ1) is 4.09. The molecule has 0 heterocycles. The van der Waals surface area contributed by atoms with Gasteiger partial charge in [-0.2, -0.15) is 0 Å². The SMILES string of the molecule is CO[C@@H](C)C(F)C(F)F. The van der Waals surface area contributed by atoms with E-state index in [1.165, 1.54) is 14.0 Å². The minimum absolute atomic E-state index is 1.02. The van der Waals surface area contributed by atoms with Gasteiger partial charge in [0.1, 0.15) is 0 Å². The molecule has 0 aliphatic heterocycles. The molecule has 0 saturated carbocycles. The molecule has 0 aliphatic carbocycles. The quantitative estimate of drug-likeness (QED) is 0.581. The van der Waals surface area contributed by atoms with Gasteiger partial charge in [-0.3, -0.25) is 0 Å². The van der Waals surface area contributed by atoms with Crippen molar-refractivity contribution < 1.29 is 17.9 Å². The van der Waals surface area contributed by atoms with Crippen LogP contribution < -0.4 is 0 Å². The van der Waals surface area contributed by atoms with Gasteiger partial charge in [0, 0.05) is 7.11 Å². The van der Waals surface area contributed by atoms with E-state index in [1.807, 2.05) is 0 Å². The maximum Gasteiger partial charge on any atom is 0.271 e. The van der Waals surface area contributed by atoms with Crippen LogP contribution in [0.5, 0.6) is 0 Å². The van der Waals surface area contributed by atoms with E-state index in [0.29, 0.717) is 0 Å². The van der Waals surface area contributed by atoms with Gasteiger partial charge >= 0.3 is 0 Å². The highest BCUT2D eigenvalue weighted by atomic mass is 19.3. The zero-order chi connectivity index (χ0) is 7.44. The highest BCUT2D eigenvalue weighted by Gasteiger charge is 2.25. The third kappa shape index (κ3) is 2.70. The number of halogens is 3. The largest absolute Gasteiger partial charge is 0.378 e. The maximum absolute atomic E-state index is 12.0. The van der Waals surface area contributed by atoms with Crippen molar-refractivity contribution in [3.63, 3.8) is 0 Å². The Kier molecular flexibility index (Phi) is 3.61. The molecule has 0 radical (unpaired) electrons. The summed E-state index contributed by atoms with van der Waals surface area (Å²) in [5, 5.41) is 0. The topological polar surface area (TPSA) is 9.23 Å². The first-order valence-corrected chi connectivity index (χ1v) is 2.54. The van der Waals surface area contributed by atoms with Crippen LogP contribution in [-0.2, 0) is 4.74 Å². The van der Waals surface area contributed by atoms with Gasteiger partial charge in [-0.25, -0.2) is 13.2 Å². The number of hydrogen-bond donors (Lipinski definition) is 0. The van der Waals surface area contributed by atoms with E-state index in [9.17, 15) is 13.2 Å². The molecule has 0 aliphatic rings. The minimum atomic E-state index is -2.94. The van der Waals surface area contributed by atoms with E-state index >= 15 is 0 Å². The second-order valence-corrected chi connectivity index (χ2v) is 1.72. The van der Waals surface area contributed by atoms with E-state index < -0.39 is 18.7 Å². The van der Waals surface area contributed by atoms with Crippen molar-refractivity contribution in [1.82, 2.24) is 0 Å². The Hall–Kier alpha value is -0.250. The highest BCUT2D eigenvalue weighted by Crippen LogP contribution is 2.11. The molecule has 0 rings (SSSR count). The molecule has 56 valence electrons. The molecule has 1 unspecified atom stereocenters. The molecule has 2 atom stereocenters. The molecule has 0 aromatic carbocycles. The van der Waals surface area contributed by atoms with Gasteiger partial charge in [0.05, 0.1) is 6.10 Å². The molecule has 0 aromatic rings. The van der Waals surface area contributed by atoms with Gasteiger partial charge in [-0.05, 0) is 6.92 Å². The van der Waals surface area contributed by atoms with E-state index in [-0.39, 0.29) is 0 Å². The van der Waals surface area contributed by atoms with E-state index in [0.717, 1.165) is 0 Å². The molecule has 1 nitrogen and oxygen atoms in total. The second-order valence-electron chi connectivity index (χ2n) is 1.72. The van der Waals surface area contributed by atoms with Crippen LogP contribution >= 0.6 is 0 Å². The standard InChI is InChI=1S/C5H9F3O/c1-3(9-2)4(6)5(7)8/h3-5H,1-2H3/t3-,4?/m0/s1. The Morgan fingerprint density at radius 3 is 1.78 bits per heavy atom. The average molecular weight is 142 g/mol. The third-order valence-electron chi connectivity index (χ3n) is 1.06. The van der Waals surface area contributed by atoms with Crippen molar-refractivity contribution >= 4 is 0 Å². The van der Waals surface area contributed by atoms with Crippen molar-refractivity contribution in [3.05, 3.63) is 0 Å². The monoisotopic (exact) mass is 142 g/mol. The van der Waals surface area contributed by atoms with Crippen molar-refractivity contribution in [3.8, 4) is 0 Å². The predicted octanol–water partition coefficient (Wildman–Crippen LogP) is 1.62. The second kappa shape index (κ2) is 3.71. The lowest BCUT2D eigenvalue weighted by atomic mass is 10.2. The summed E-state index contributed by atoms with van der Waals surface area (Å²) >= 11 is 0. The molecule has 0 bridgehead atoms. The van der Waals surface area contributed by atoms with Gasteiger partial charge < -0.3 is 4.74 Å². The van der Waals surface area contributed by atoms with Crippen LogP contribution in [-0.4, -0.2) is 25.8 Å². The van der Waals surface area contributed by atoms with Gasteiger partial charge in [-0.1, -0.05) is 0 Å². The van der Waals surface area contributed by atoms with Crippen LogP contribution in [0.4, 0.5) is 13.2 Å². The normalized spacial score (nSPS) is 18.0. The Morgan fingerprint density at radius 1 is 1.22 bits per heavy atom.